The van der Waals surface area contributed by atoms with Crippen LogP contribution in [0.3, 0.4) is 0 Å². The van der Waals surface area contributed by atoms with Crippen LogP contribution < -0.4 is 5.32 Å². The molecule has 1 N–H and O–H groups in total. The normalized spacial score (nSPS) is 30.5. The van der Waals surface area contributed by atoms with Crippen LogP contribution in [0.2, 0.25) is 0 Å². The molecule has 3 aliphatic heterocycles. The van der Waals surface area contributed by atoms with E-state index in [1.165, 1.54) is 25.0 Å². The van der Waals surface area contributed by atoms with Gasteiger partial charge in [-0.1, -0.05) is 6.42 Å². The summed E-state index contributed by atoms with van der Waals surface area (Å²) in [7, 11) is 0. The summed E-state index contributed by atoms with van der Waals surface area (Å²) in [5, 5.41) is 3.00. The molecule has 3 aliphatic rings. The molecule has 4 heterocycles. The number of pyridine rings is 1. The summed E-state index contributed by atoms with van der Waals surface area (Å²) in [6.45, 7) is 4.68. The van der Waals surface area contributed by atoms with Gasteiger partial charge >= 0.3 is 0 Å². The molecule has 1 aromatic rings. The number of fused-ring (bicyclic) bond motifs is 4. The number of carbonyl (C=O) groups excluding carboxylic acids is 2. The predicted molar refractivity (Wildman–Crippen MR) is 98.5 cm³/mol. The van der Waals surface area contributed by atoms with E-state index in [9.17, 15) is 14.0 Å². The van der Waals surface area contributed by atoms with Crippen LogP contribution in [0.5, 0.6) is 0 Å². The molecule has 27 heavy (non-hydrogen) atoms. The van der Waals surface area contributed by atoms with Gasteiger partial charge in [-0.05, 0) is 49.8 Å². The molecule has 2 amide bonds. The minimum absolute atomic E-state index is 0.00932. The Morgan fingerprint density at radius 2 is 2.07 bits per heavy atom. The highest BCUT2D eigenvalue weighted by atomic mass is 19.1. The molecular formula is C20H27FN4O2. The number of carbonyl (C=O) groups is 2. The van der Waals surface area contributed by atoms with Crippen molar-refractivity contribution in [3.05, 3.63) is 29.8 Å². The molecule has 2 bridgehead atoms. The average molecular weight is 374 g/mol. The fourth-order valence-electron chi connectivity index (χ4n) is 5.27. The largest absolute Gasteiger partial charge is 0.355 e. The molecule has 0 spiro atoms. The molecule has 6 nitrogen and oxygen atoms in total. The van der Waals surface area contributed by atoms with Crippen LogP contribution in [0.4, 0.5) is 4.39 Å². The van der Waals surface area contributed by atoms with E-state index in [4.69, 9.17) is 0 Å². The SMILES string of the molecule is CC(=O)NC[C@H]1[C@H]2C[C@H](CN(C(=O)c3ccc(F)cn3)C2)[C@@H]2CCCCN21. The third-order valence-corrected chi connectivity index (χ3v) is 6.42. The maximum Gasteiger partial charge on any atom is 0.272 e. The Bertz CT molecular complexity index is 710. The number of nitrogens with zero attached hydrogens (tertiary/aromatic N) is 3. The molecule has 0 aliphatic carbocycles. The fraction of sp³-hybridized carbons (Fsp3) is 0.650. The molecule has 7 heteroatoms. The van der Waals surface area contributed by atoms with Gasteiger partial charge in [0.15, 0.2) is 0 Å². The van der Waals surface area contributed by atoms with E-state index in [0.29, 0.717) is 36.7 Å². The zero-order chi connectivity index (χ0) is 19.0. The summed E-state index contributed by atoms with van der Waals surface area (Å²) < 4.78 is 13.1. The Kier molecular flexibility index (Phi) is 5.12. The van der Waals surface area contributed by atoms with Crippen LogP contribution in [0, 0.1) is 17.7 Å². The molecule has 0 unspecified atom stereocenters. The number of aromatic nitrogens is 1. The van der Waals surface area contributed by atoms with Crippen molar-refractivity contribution in [2.75, 3.05) is 26.2 Å². The van der Waals surface area contributed by atoms with Crippen LogP contribution in [0.1, 0.15) is 43.1 Å². The van der Waals surface area contributed by atoms with Crippen LogP contribution in [-0.4, -0.2) is 64.9 Å². The lowest BCUT2D eigenvalue weighted by Gasteiger charge is -2.56. The number of nitrogens with one attached hydrogen (secondary N) is 1. The highest BCUT2D eigenvalue weighted by molar-refractivity contribution is 5.92. The van der Waals surface area contributed by atoms with Crippen molar-refractivity contribution in [2.24, 2.45) is 11.8 Å². The number of piperidine rings is 3. The zero-order valence-electron chi connectivity index (χ0n) is 15.7. The van der Waals surface area contributed by atoms with Crippen molar-refractivity contribution >= 4 is 11.8 Å². The minimum Gasteiger partial charge on any atom is -0.355 e. The second-order valence-electron chi connectivity index (χ2n) is 8.13. The summed E-state index contributed by atoms with van der Waals surface area (Å²) in [4.78, 5) is 32.9. The molecule has 3 fully saturated rings. The molecular weight excluding hydrogens is 347 g/mol. The van der Waals surface area contributed by atoms with Gasteiger partial charge in [0.1, 0.15) is 11.5 Å². The summed E-state index contributed by atoms with van der Waals surface area (Å²) in [5.74, 6) is 0.240. The molecule has 0 aromatic carbocycles. The first-order valence-corrected chi connectivity index (χ1v) is 9.94. The molecule has 4 rings (SSSR count). The Morgan fingerprint density at radius 1 is 1.26 bits per heavy atom. The van der Waals surface area contributed by atoms with Gasteiger partial charge in [0.25, 0.3) is 5.91 Å². The topological polar surface area (TPSA) is 65.5 Å². The Labute approximate surface area is 159 Å². The van der Waals surface area contributed by atoms with Crippen molar-refractivity contribution in [3.8, 4) is 0 Å². The Balaban J connectivity index is 1.54. The molecule has 146 valence electrons. The van der Waals surface area contributed by atoms with Crippen molar-refractivity contribution in [1.29, 1.82) is 0 Å². The van der Waals surface area contributed by atoms with Crippen molar-refractivity contribution in [2.45, 2.75) is 44.7 Å². The van der Waals surface area contributed by atoms with Crippen molar-refractivity contribution in [3.63, 3.8) is 0 Å². The molecule has 0 saturated carbocycles. The van der Waals surface area contributed by atoms with Gasteiger partial charge < -0.3 is 10.2 Å². The maximum absolute atomic E-state index is 13.1. The quantitative estimate of drug-likeness (QED) is 0.874. The summed E-state index contributed by atoms with van der Waals surface area (Å²) >= 11 is 0. The maximum atomic E-state index is 13.1. The second kappa shape index (κ2) is 7.54. The summed E-state index contributed by atoms with van der Waals surface area (Å²) in [6.07, 6.45) is 5.79. The molecule has 0 radical (unpaired) electrons. The zero-order valence-corrected chi connectivity index (χ0v) is 15.7. The lowest BCUT2D eigenvalue weighted by Crippen LogP contribution is -2.66. The number of likely N-dealkylation sites (tertiary alicyclic amines) is 1. The third kappa shape index (κ3) is 3.70. The van der Waals surface area contributed by atoms with E-state index in [0.717, 1.165) is 32.1 Å². The summed E-state index contributed by atoms with van der Waals surface area (Å²) in [6, 6.07) is 3.50. The highest BCUT2D eigenvalue weighted by Gasteiger charge is 2.47. The summed E-state index contributed by atoms with van der Waals surface area (Å²) in [5.41, 5.74) is 0.301. The lowest BCUT2D eigenvalue weighted by molar-refractivity contribution is -0.120. The van der Waals surface area contributed by atoms with E-state index in [1.54, 1.807) is 6.92 Å². The van der Waals surface area contributed by atoms with Gasteiger partial charge in [0.05, 0.1) is 6.20 Å². The van der Waals surface area contributed by atoms with Crippen molar-refractivity contribution in [1.82, 2.24) is 20.1 Å². The van der Waals surface area contributed by atoms with Gasteiger partial charge in [-0.2, -0.15) is 0 Å². The first kappa shape index (κ1) is 18.3. The van der Waals surface area contributed by atoms with Gasteiger partial charge in [0.2, 0.25) is 5.91 Å². The van der Waals surface area contributed by atoms with Crippen LogP contribution >= 0.6 is 0 Å². The predicted octanol–water partition coefficient (Wildman–Crippen LogP) is 1.67. The van der Waals surface area contributed by atoms with E-state index in [2.05, 4.69) is 15.2 Å². The monoisotopic (exact) mass is 374 g/mol. The lowest BCUT2D eigenvalue weighted by atomic mass is 9.72. The number of hydrogen-bond acceptors (Lipinski definition) is 4. The van der Waals surface area contributed by atoms with Gasteiger partial charge in [-0.25, -0.2) is 9.37 Å². The number of halogens is 1. The van der Waals surface area contributed by atoms with Gasteiger partial charge in [-0.3, -0.25) is 14.5 Å². The number of amides is 2. The van der Waals surface area contributed by atoms with E-state index in [-0.39, 0.29) is 17.9 Å². The molecule has 4 atom stereocenters. The molecule has 3 saturated heterocycles. The second-order valence-corrected chi connectivity index (χ2v) is 8.13. The van der Waals surface area contributed by atoms with E-state index < -0.39 is 5.82 Å². The first-order valence-electron chi connectivity index (χ1n) is 9.94. The third-order valence-electron chi connectivity index (χ3n) is 6.42. The Morgan fingerprint density at radius 3 is 2.81 bits per heavy atom. The van der Waals surface area contributed by atoms with Gasteiger partial charge in [-0.15, -0.1) is 0 Å². The van der Waals surface area contributed by atoms with Crippen LogP contribution in [0.25, 0.3) is 0 Å². The minimum atomic E-state index is -0.435. The Hall–Kier alpha value is -2.02. The van der Waals surface area contributed by atoms with Gasteiger partial charge in [0, 0.05) is 38.6 Å². The van der Waals surface area contributed by atoms with E-state index in [1.807, 2.05) is 4.90 Å². The van der Waals surface area contributed by atoms with Crippen LogP contribution in [0.15, 0.2) is 18.3 Å². The number of hydrogen-bond donors (Lipinski definition) is 1. The smallest absolute Gasteiger partial charge is 0.272 e. The van der Waals surface area contributed by atoms with E-state index >= 15 is 0 Å². The van der Waals surface area contributed by atoms with Crippen LogP contribution in [-0.2, 0) is 4.79 Å². The number of rotatable bonds is 3. The first-order chi connectivity index (χ1) is 13.0. The molecule has 1 aromatic heterocycles. The highest BCUT2D eigenvalue weighted by Crippen LogP contribution is 2.41. The average Bonchev–Trinajstić information content (AvgIpc) is 2.67. The van der Waals surface area contributed by atoms with Crippen molar-refractivity contribution < 1.29 is 14.0 Å². The fourth-order valence-corrected chi connectivity index (χ4v) is 5.27. The standard InChI is InChI=1S/C20H27FN4O2/c1-13(26)22-10-19-15-8-14(18-4-2-3-7-25(18)19)11-24(12-15)20(27)17-6-5-16(21)9-23-17/h5-6,9,14-15,18-19H,2-4,7-8,10-12H2,1H3,(H,22,26)/t14-,15+,18+,19+/m1/s1.